The molecule has 4 nitrogen and oxygen atoms in total. The van der Waals surface area contributed by atoms with E-state index < -0.39 is 0 Å². The van der Waals surface area contributed by atoms with Crippen LogP contribution in [0.4, 0.5) is 0 Å². The van der Waals surface area contributed by atoms with Gasteiger partial charge < -0.3 is 9.64 Å². The molecule has 5 heteroatoms. The van der Waals surface area contributed by atoms with Crippen LogP contribution in [0.5, 0.6) is 0 Å². The van der Waals surface area contributed by atoms with Crippen molar-refractivity contribution in [2.24, 2.45) is 0 Å². The second-order valence-electron chi connectivity index (χ2n) is 5.44. The molecule has 1 amide bonds. The van der Waals surface area contributed by atoms with E-state index in [1.807, 2.05) is 16.2 Å². The number of thiophene rings is 1. The Morgan fingerprint density at radius 3 is 2.95 bits per heavy atom. The first-order valence-electron chi connectivity index (χ1n) is 7.45. The van der Waals surface area contributed by atoms with Crippen molar-refractivity contribution in [3.8, 4) is 0 Å². The summed E-state index contributed by atoms with van der Waals surface area (Å²) in [6.45, 7) is 6.61. The second-order valence-corrected chi connectivity index (χ2v) is 6.44. The zero-order valence-corrected chi connectivity index (χ0v) is 12.8. The van der Waals surface area contributed by atoms with Gasteiger partial charge in [0, 0.05) is 30.6 Å². The predicted molar refractivity (Wildman–Crippen MR) is 80.0 cm³/mol. The molecule has 110 valence electrons. The standard InChI is InChI=1S/C15H22N2O2S/c1-2-13-12-4-10-20-14(12)3-5-17(13)11-15(18)16-6-8-19-9-7-16/h4,10,13H,2-3,5-9,11H2,1H3. The summed E-state index contributed by atoms with van der Waals surface area (Å²) < 4.78 is 5.31. The first-order chi connectivity index (χ1) is 9.79. The molecule has 0 saturated carbocycles. The third-order valence-corrected chi connectivity index (χ3v) is 5.29. The molecule has 0 bridgehead atoms. The fourth-order valence-corrected chi connectivity index (χ4v) is 4.13. The average Bonchev–Trinajstić information content (AvgIpc) is 2.96. The molecule has 1 unspecified atom stereocenters. The number of carbonyl (C=O) groups excluding carboxylic acids is 1. The molecule has 3 rings (SSSR count). The number of hydrogen-bond donors (Lipinski definition) is 0. The molecule has 0 aromatic carbocycles. The molecular weight excluding hydrogens is 272 g/mol. The molecular formula is C15H22N2O2S. The molecule has 0 N–H and O–H groups in total. The van der Waals surface area contributed by atoms with Crippen LogP contribution in [-0.2, 0) is 16.0 Å². The van der Waals surface area contributed by atoms with Gasteiger partial charge in [-0.3, -0.25) is 9.69 Å². The number of amides is 1. The van der Waals surface area contributed by atoms with Crippen LogP contribution in [0.15, 0.2) is 11.4 Å². The van der Waals surface area contributed by atoms with E-state index in [0.29, 0.717) is 25.8 Å². The van der Waals surface area contributed by atoms with E-state index >= 15 is 0 Å². The van der Waals surface area contributed by atoms with E-state index in [1.54, 1.807) is 0 Å². The van der Waals surface area contributed by atoms with Crippen LogP contribution in [0.25, 0.3) is 0 Å². The number of hydrogen-bond acceptors (Lipinski definition) is 4. The largest absolute Gasteiger partial charge is 0.378 e. The molecule has 2 aliphatic rings. The molecule has 1 fully saturated rings. The molecule has 0 radical (unpaired) electrons. The SMILES string of the molecule is CCC1c2ccsc2CCN1CC(=O)N1CCOCC1. The quantitative estimate of drug-likeness (QED) is 0.854. The Balaban J connectivity index is 1.66. The van der Waals surface area contributed by atoms with Gasteiger partial charge in [0.2, 0.25) is 5.91 Å². The maximum atomic E-state index is 12.4. The Morgan fingerprint density at radius 2 is 2.20 bits per heavy atom. The van der Waals surface area contributed by atoms with Crippen LogP contribution in [0, 0.1) is 0 Å². The normalized spacial score (nSPS) is 23.6. The van der Waals surface area contributed by atoms with Crippen LogP contribution >= 0.6 is 11.3 Å². The second kappa shape index (κ2) is 6.24. The van der Waals surface area contributed by atoms with Crippen molar-refractivity contribution in [1.82, 2.24) is 9.80 Å². The minimum Gasteiger partial charge on any atom is -0.378 e. The van der Waals surface area contributed by atoms with Gasteiger partial charge in [-0.05, 0) is 29.9 Å². The maximum absolute atomic E-state index is 12.4. The lowest BCUT2D eigenvalue weighted by Gasteiger charge is -2.36. The van der Waals surface area contributed by atoms with E-state index in [2.05, 4.69) is 23.3 Å². The highest BCUT2D eigenvalue weighted by Crippen LogP contribution is 2.34. The third-order valence-electron chi connectivity index (χ3n) is 4.29. The highest BCUT2D eigenvalue weighted by Gasteiger charge is 2.29. The lowest BCUT2D eigenvalue weighted by Crippen LogP contribution is -2.47. The summed E-state index contributed by atoms with van der Waals surface area (Å²) in [7, 11) is 0. The summed E-state index contributed by atoms with van der Waals surface area (Å²) in [4.78, 5) is 18.2. The van der Waals surface area contributed by atoms with E-state index in [-0.39, 0.29) is 5.91 Å². The third kappa shape index (κ3) is 2.75. The molecule has 1 aromatic rings. The maximum Gasteiger partial charge on any atom is 0.236 e. The van der Waals surface area contributed by atoms with E-state index in [9.17, 15) is 4.79 Å². The number of carbonyl (C=O) groups is 1. The van der Waals surface area contributed by atoms with Gasteiger partial charge in [-0.2, -0.15) is 0 Å². The van der Waals surface area contributed by atoms with E-state index in [0.717, 1.165) is 32.5 Å². The van der Waals surface area contributed by atoms with Crippen LogP contribution in [0.2, 0.25) is 0 Å². The summed E-state index contributed by atoms with van der Waals surface area (Å²) in [6.07, 6.45) is 2.15. The molecule has 0 aliphatic carbocycles. The lowest BCUT2D eigenvalue weighted by atomic mass is 9.98. The summed E-state index contributed by atoms with van der Waals surface area (Å²) in [5, 5.41) is 2.18. The van der Waals surface area contributed by atoms with Gasteiger partial charge in [0.1, 0.15) is 0 Å². The molecule has 1 aromatic heterocycles. The van der Waals surface area contributed by atoms with Gasteiger partial charge in [0.15, 0.2) is 0 Å². The van der Waals surface area contributed by atoms with Crippen molar-refractivity contribution in [1.29, 1.82) is 0 Å². The minimum absolute atomic E-state index is 0.255. The van der Waals surface area contributed by atoms with Gasteiger partial charge in [0.25, 0.3) is 0 Å². The molecule has 1 saturated heterocycles. The van der Waals surface area contributed by atoms with Gasteiger partial charge in [-0.25, -0.2) is 0 Å². The predicted octanol–water partition coefficient (Wildman–Crippen LogP) is 1.92. The van der Waals surface area contributed by atoms with Crippen LogP contribution in [-0.4, -0.2) is 55.1 Å². The summed E-state index contributed by atoms with van der Waals surface area (Å²) in [6, 6.07) is 2.65. The zero-order chi connectivity index (χ0) is 13.9. The number of rotatable bonds is 3. The molecule has 3 heterocycles. The summed E-state index contributed by atoms with van der Waals surface area (Å²) in [5.41, 5.74) is 1.44. The summed E-state index contributed by atoms with van der Waals surface area (Å²) in [5.74, 6) is 0.255. The van der Waals surface area contributed by atoms with Crippen molar-refractivity contribution in [3.05, 3.63) is 21.9 Å². The molecule has 1 atom stereocenters. The first-order valence-corrected chi connectivity index (χ1v) is 8.33. The highest BCUT2D eigenvalue weighted by atomic mass is 32.1. The number of ether oxygens (including phenoxy) is 1. The molecule has 0 spiro atoms. The van der Waals surface area contributed by atoms with Crippen molar-refractivity contribution < 1.29 is 9.53 Å². The average molecular weight is 294 g/mol. The van der Waals surface area contributed by atoms with Gasteiger partial charge in [-0.15, -0.1) is 11.3 Å². The van der Waals surface area contributed by atoms with Gasteiger partial charge in [-0.1, -0.05) is 6.92 Å². The summed E-state index contributed by atoms with van der Waals surface area (Å²) >= 11 is 1.85. The lowest BCUT2D eigenvalue weighted by molar-refractivity contribution is -0.137. The van der Waals surface area contributed by atoms with Crippen LogP contribution in [0.3, 0.4) is 0 Å². The molecule has 2 aliphatic heterocycles. The molecule has 20 heavy (non-hydrogen) atoms. The Labute approximate surface area is 124 Å². The van der Waals surface area contributed by atoms with Gasteiger partial charge >= 0.3 is 0 Å². The van der Waals surface area contributed by atoms with Crippen molar-refractivity contribution >= 4 is 17.2 Å². The monoisotopic (exact) mass is 294 g/mol. The topological polar surface area (TPSA) is 32.8 Å². The minimum atomic E-state index is 0.255. The fraction of sp³-hybridized carbons (Fsp3) is 0.667. The number of nitrogens with zero attached hydrogens (tertiary/aromatic N) is 2. The van der Waals surface area contributed by atoms with Crippen molar-refractivity contribution in [2.75, 3.05) is 39.4 Å². The van der Waals surface area contributed by atoms with Crippen LogP contribution in [0.1, 0.15) is 29.8 Å². The van der Waals surface area contributed by atoms with Crippen LogP contribution < -0.4 is 0 Å². The van der Waals surface area contributed by atoms with E-state index in [1.165, 1.54) is 10.4 Å². The van der Waals surface area contributed by atoms with Crippen molar-refractivity contribution in [2.45, 2.75) is 25.8 Å². The Hall–Kier alpha value is -0.910. The Morgan fingerprint density at radius 1 is 1.40 bits per heavy atom. The van der Waals surface area contributed by atoms with Gasteiger partial charge in [0.05, 0.1) is 19.8 Å². The fourth-order valence-electron chi connectivity index (χ4n) is 3.20. The smallest absolute Gasteiger partial charge is 0.236 e. The highest BCUT2D eigenvalue weighted by molar-refractivity contribution is 7.10. The first kappa shape index (κ1) is 14.0. The number of fused-ring (bicyclic) bond motifs is 1. The Kier molecular flexibility index (Phi) is 4.38. The number of morpholine rings is 1. The Bertz CT molecular complexity index is 468. The van der Waals surface area contributed by atoms with E-state index in [4.69, 9.17) is 4.74 Å². The van der Waals surface area contributed by atoms with Crippen molar-refractivity contribution in [3.63, 3.8) is 0 Å². The zero-order valence-electron chi connectivity index (χ0n) is 12.0.